The maximum absolute atomic E-state index is 12.4. The van der Waals surface area contributed by atoms with Gasteiger partial charge in [-0.15, -0.1) is 0 Å². The lowest BCUT2D eigenvalue weighted by atomic mass is 10.1. The third-order valence-electron chi connectivity index (χ3n) is 3.67. The molecule has 1 aromatic carbocycles. The van der Waals surface area contributed by atoms with E-state index in [0.29, 0.717) is 18.7 Å². The molecule has 6 heteroatoms. The van der Waals surface area contributed by atoms with Crippen LogP contribution in [0.4, 0.5) is 0 Å². The zero-order valence-electron chi connectivity index (χ0n) is 11.6. The molecule has 0 aliphatic carbocycles. The highest BCUT2D eigenvalue weighted by Gasteiger charge is 2.25. The minimum atomic E-state index is -0.952. The first kappa shape index (κ1) is 13.4. The number of aromatic carboxylic acids is 1. The molecule has 1 aliphatic rings. The first-order valence-corrected chi connectivity index (χ1v) is 6.75. The fourth-order valence-electron chi connectivity index (χ4n) is 2.50. The summed E-state index contributed by atoms with van der Waals surface area (Å²) in [5.74, 6) is -1.03. The number of carbonyl (C=O) groups is 2. The van der Waals surface area contributed by atoms with Crippen molar-refractivity contribution in [2.45, 2.75) is 26.6 Å². The fourth-order valence-corrected chi connectivity index (χ4v) is 2.50. The molecule has 1 N–H and O–H groups in total. The van der Waals surface area contributed by atoms with Crippen molar-refractivity contribution in [1.82, 2.24) is 14.7 Å². The van der Waals surface area contributed by atoms with Crippen molar-refractivity contribution in [3.8, 4) is 0 Å². The zero-order chi connectivity index (χ0) is 15.0. The number of carbonyl (C=O) groups excluding carboxylic acids is 1. The zero-order valence-corrected chi connectivity index (χ0v) is 11.6. The van der Waals surface area contributed by atoms with Crippen LogP contribution in [-0.4, -0.2) is 31.7 Å². The van der Waals surface area contributed by atoms with Gasteiger partial charge in [-0.05, 0) is 30.2 Å². The Kier molecular flexibility index (Phi) is 3.21. The topological polar surface area (TPSA) is 75.4 Å². The Morgan fingerprint density at radius 3 is 2.67 bits per heavy atom. The van der Waals surface area contributed by atoms with Crippen molar-refractivity contribution < 1.29 is 14.7 Å². The van der Waals surface area contributed by atoms with E-state index in [1.807, 2.05) is 6.92 Å². The van der Waals surface area contributed by atoms with E-state index in [1.54, 1.807) is 40.2 Å². The molecule has 2 aromatic rings. The minimum absolute atomic E-state index is 0.0808. The molecule has 3 rings (SSSR count). The van der Waals surface area contributed by atoms with Crippen LogP contribution in [-0.2, 0) is 19.6 Å². The molecule has 21 heavy (non-hydrogen) atoms. The van der Waals surface area contributed by atoms with Gasteiger partial charge in [0.1, 0.15) is 0 Å². The second-order valence-electron chi connectivity index (χ2n) is 5.03. The molecule has 108 valence electrons. The summed E-state index contributed by atoms with van der Waals surface area (Å²) in [5.41, 5.74) is 2.70. The second kappa shape index (κ2) is 5.05. The third kappa shape index (κ3) is 2.40. The number of nitrogens with zero attached hydrogens (tertiary/aromatic N) is 3. The van der Waals surface area contributed by atoms with E-state index >= 15 is 0 Å². The highest BCUT2D eigenvalue weighted by Crippen LogP contribution is 2.25. The molecule has 0 fully saturated rings. The largest absolute Gasteiger partial charge is 0.478 e. The number of rotatable bonds is 3. The van der Waals surface area contributed by atoms with Crippen LogP contribution in [0.1, 0.15) is 38.8 Å². The predicted octanol–water partition coefficient (Wildman–Crippen LogP) is 1.76. The van der Waals surface area contributed by atoms with Crippen molar-refractivity contribution in [3.63, 3.8) is 0 Å². The Balaban J connectivity index is 1.80. The van der Waals surface area contributed by atoms with Crippen LogP contribution in [0.3, 0.4) is 0 Å². The van der Waals surface area contributed by atoms with Gasteiger partial charge in [-0.1, -0.05) is 6.07 Å². The number of benzene rings is 1. The van der Waals surface area contributed by atoms with E-state index in [2.05, 4.69) is 5.10 Å². The third-order valence-corrected chi connectivity index (χ3v) is 3.67. The molecule has 0 atom stereocenters. The van der Waals surface area contributed by atoms with Crippen molar-refractivity contribution in [1.29, 1.82) is 0 Å². The number of amides is 1. The number of aryl methyl sites for hydroxylation is 1. The van der Waals surface area contributed by atoms with Gasteiger partial charge < -0.3 is 10.0 Å². The molecule has 0 spiro atoms. The monoisotopic (exact) mass is 285 g/mol. The Hall–Kier alpha value is -2.63. The number of aromatic nitrogens is 2. The van der Waals surface area contributed by atoms with E-state index in [1.165, 1.54) is 0 Å². The predicted molar refractivity (Wildman–Crippen MR) is 74.9 cm³/mol. The summed E-state index contributed by atoms with van der Waals surface area (Å²) in [6.07, 6.45) is 3.30. The lowest BCUT2D eigenvalue weighted by molar-refractivity contribution is 0.0696. The molecular formula is C15H15N3O3. The highest BCUT2D eigenvalue weighted by molar-refractivity contribution is 5.94. The van der Waals surface area contributed by atoms with Crippen molar-refractivity contribution in [3.05, 3.63) is 52.8 Å². The van der Waals surface area contributed by atoms with Gasteiger partial charge in [0.2, 0.25) is 0 Å². The Morgan fingerprint density at radius 2 is 2.00 bits per heavy atom. The smallest absolute Gasteiger partial charge is 0.335 e. The SMILES string of the molecule is CCn1cc(C(=O)N2Cc3ccc(C(=O)O)cc3C2)cn1. The highest BCUT2D eigenvalue weighted by atomic mass is 16.4. The van der Waals surface area contributed by atoms with Crippen LogP contribution in [0.25, 0.3) is 0 Å². The molecular weight excluding hydrogens is 270 g/mol. The molecule has 0 unspecified atom stereocenters. The lowest BCUT2D eigenvalue weighted by Crippen LogP contribution is -2.24. The van der Waals surface area contributed by atoms with Gasteiger partial charge >= 0.3 is 5.97 Å². The summed E-state index contributed by atoms with van der Waals surface area (Å²) < 4.78 is 1.71. The molecule has 0 bridgehead atoms. The van der Waals surface area contributed by atoms with Gasteiger partial charge in [0.15, 0.2) is 0 Å². The van der Waals surface area contributed by atoms with Crippen LogP contribution >= 0.6 is 0 Å². The van der Waals surface area contributed by atoms with Crippen molar-refractivity contribution in [2.75, 3.05) is 0 Å². The van der Waals surface area contributed by atoms with E-state index in [9.17, 15) is 9.59 Å². The van der Waals surface area contributed by atoms with Gasteiger partial charge in [-0.2, -0.15) is 5.10 Å². The Bertz CT molecular complexity index is 721. The minimum Gasteiger partial charge on any atom is -0.478 e. The van der Waals surface area contributed by atoms with E-state index < -0.39 is 5.97 Å². The number of carboxylic acid groups (broad SMARTS) is 1. The summed E-state index contributed by atoms with van der Waals surface area (Å²) in [4.78, 5) is 25.1. The fraction of sp³-hybridized carbons (Fsp3) is 0.267. The van der Waals surface area contributed by atoms with Crippen LogP contribution in [0.15, 0.2) is 30.6 Å². The molecule has 2 heterocycles. The molecule has 1 aromatic heterocycles. The van der Waals surface area contributed by atoms with Crippen LogP contribution < -0.4 is 0 Å². The summed E-state index contributed by atoms with van der Waals surface area (Å²) >= 11 is 0. The van der Waals surface area contributed by atoms with Crippen LogP contribution in [0.5, 0.6) is 0 Å². The van der Waals surface area contributed by atoms with Gasteiger partial charge in [-0.25, -0.2) is 4.79 Å². The van der Waals surface area contributed by atoms with Crippen molar-refractivity contribution >= 4 is 11.9 Å². The maximum Gasteiger partial charge on any atom is 0.335 e. The average Bonchev–Trinajstić information content (AvgIpc) is 3.11. The number of hydrogen-bond donors (Lipinski definition) is 1. The maximum atomic E-state index is 12.4. The first-order valence-electron chi connectivity index (χ1n) is 6.75. The molecule has 1 aliphatic heterocycles. The Morgan fingerprint density at radius 1 is 1.24 bits per heavy atom. The number of carboxylic acids is 1. The summed E-state index contributed by atoms with van der Waals surface area (Å²) in [5, 5.41) is 13.1. The summed E-state index contributed by atoms with van der Waals surface area (Å²) in [6.45, 7) is 3.62. The standard InChI is InChI=1S/C15H15N3O3/c1-2-18-9-13(6-16-18)14(19)17-7-11-4-3-10(15(20)21)5-12(11)8-17/h3-6,9H,2,7-8H2,1H3,(H,20,21). The molecule has 1 amide bonds. The normalized spacial score (nSPS) is 13.3. The van der Waals surface area contributed by atoms with E-state index in [0.717, 1.165) is 17.7 Å². The first-order chi connectivity index (χ1) is 10.1. The molecule has 6 nitrogen and oxygen atoms in total. The lowest BCUT2D eigenvalue weighted by Gasteiger charge is -2.13. The van der Waals surface area contributed by atoms with Crippen LogP contribution in [0.2, 0.25) is 0 Å². The molecule has 0 saturated heterocycles. The molecule has 0 radical (unpaired) electrons. The van der Waals surface area contributed by atoms with Crippen LogP contribution in [0, 0.1) is 0 Å². The Labute approximate surface area is 121 Å². The average molecular weight is 285 g/mol. The van der Waals surface area contributed by atoms with Gasteiger partial charge in [0, 0.05) is 25.8 Å². The van der Waals surface area contributed by atoms with Gasteiger partial charge in [-0.3, -0.25) is 9.48 Å². The van der Waals surface area contributed by atoms with E-state index in [4.69, 9.17) is 5.11 Å². The number of hydrogen-bond acceptors (Lipinski definition) is 3. The van der Waals surface area contributed by atoms with Gasteiger partial charge in [0.05, 0.1) is 17.3 Å². The summed E-state index contributed by atoms with van der Waals surface area (Å²) in [6, 6.07) is 4.99. The van der Waals surface area contributed by atoms with Crippen molar-refractivity contribution in [2.24, 2.45) is 0 Å². The van der Waals surface area contributed by atoms with E-state index in [-0.39, 0.29) is 11.5 Å². The molecule has 0 saturated carbocycles. The summed E-state index contributed by atoms with van der Waals surface area (Å²) in [7, 11) is 0. The number of fused-ring (bicyclic) bond motifs is 1. The second-order valence-corrected chi connectivity index (χ2v) is 5.03. The van der Waals surface area contributed by atoms with Gasteiger partial charge in [0.25, 0.3) is 5.91 Å². The quantitative estimate of drug-likeness (QED) is 0.932.